The number of rotatable bonds is 4. The van der Waals surface area contributed by atoms with E-state index in [9.17, 15) is 31.1 Å². The minimum absolute atomic E-state index is 0.0348. The molecule has 5 nitrogen and oxygen atoms in total. The van der Waals surface area contributed by atoms with E-state index in [1.165, 1.54) is 0 Å². The molecule has 1 heterocycles. The zero-order chi connectivity index (χ0) is 17.1. The zero-order valence-corrected chi connectivity index (χ0v) is 11.1. The number of carbonyl (C=O) groups is 1. The largest absolute Gasteiger partial charge is 0.573 e. The number of hydrogen-bond donors (Lipinski definition) is 0. The van der Waals surface area contributed by atoms with Gasteiger partial charge in [-0.05, 0) is 0 Å². The molecule has 1 aromatic rings. The molecule has 0 bridgehead atoms. The van der Waals surface area contributed by atoms with E-state index in [1.54, 1.807) is 0 Å². The fourth-order valence-electron chi connectivity index (χ4n) is 1.45. The maximum absolute atomic E-state index is 12.7. The lowest BCUT2D eigenvalue weighted by Crippen LogP contribution is -2.20. The highest BCUT2D eigenvalue weighted by molar-refractivity contribution is 5.73. The summed E-state index contributed by atoms with van der Waals surface area (Å²) in [5.41, 5.74) is -2.35. The highest BCUT2D eigenvalue weighted by Crippen LogP contribution is 2.39. The van der Waals surface area contributed by atoms with Crippen LogP contribution in [-0.2, 0) is 22.1 Å². The first kappa shape index (κ1) is 17.9. The van der Waals surface area contributed by atoms with Crippen LogP contribution in [0.25, 0.3) is 0 Å². The van der Waals surface area contributed by atoms with Gasteiger partial charge in [0.2, 0.25) is 0 Å². The summed E-state index contributed by atoms with van der Waals surface area (Å²) in [7, 11) is 1.85. The van der Waals surface area contributed by atoms with Crippen molar-refractivity contribution in [1.29, 1.82) is 0 Å². The van der Waals surface area contributed by atoms with E-state index in [-0.39, 0.29) is 6.07 Å². The lowest BCUT2D eigenvalue weighted by molar-refractivity contribution is -0.275. The summed E-state index contributed by atoms with van der Waals surface area (Å²) in [4.78, 5) is 14.2. The van der Waals surface area contributed by atoms with Crippen molar-refractivity contribution in [2.24, 2.45) is 0 Å². The van der Waals surface area contributed by atoms with Crippen LogP contribution in [0.15, 0.2) is 6.07 Å². The highest BCUT2D eigenvalue weighted by Gasteiger charge is 2.38. The van der Waals surface area contributed by atoms with Crippen LogP contribution in [0.2, 0.25) is 0 Å². The number of esters is 1. The molecular weight excluding hydrogens is 324 g/mol. The van der Waals surface area contributed by atoms with Gasteiger partial charge in [0, 0.05) is 6.07 Å². The molecule has 11 heteroatoms. The predicted octanol–water partition coefficient (Wildman–Crippen LogP) is 2.72. The third kappa shape index (κ3) is 4.67. The molecule has 0 unspecified atom stereocenters. The molecule has 0 aliphatic rings. The minimum atomic E-state index is -5.25. The molecule has 0 amide bonds. The molecule has 0 fully saturated rings. The Labute approximate surface area is 119 Å². The van der Waals surface area contributed by atoms with Crippen molar-refractivity contribution in [1.82, 2.24) is 4.98 Å². The number of hydrogen-bond acceptors (Lipinski definition) is 5. The van der Waals surface area contributed by atoms with Crippen molar-refractivity contribution in [3.63, 3.8) is 0 Å². The fraction of sp³-hybridized carbons (Fsp3) is 0.455. The number of pyridine rings is 1. The van der Waals surface area contributed by atoms with Crippen molar-refractivity contribution >= 4 is 5.97 Å². The molecule has 124 valence electrons. The average Bonchev–Trinajstić information content (AvgIpc) is 2.35. The van der Waals surface area contributed by atoms with Crippen molar-refractivity contribution in [2.75, 3.05) is 14.2 Å². The second-order valence-electron chi connectivity index (χ2n) is 3.78. The number of carbonyl (C=O) groups excluding carboxylic acids is 1. The Morgan fingerprint density at radius 2 is 1.77 bits per heavy atom. The van der Waals surface area contributed by atoms with E-state index in [2.05, 4.69) is 19.2 Å². The molecule has 22 heavy (non-hydrogen) atoms. The molecule has 0 saturated carbocycles. The van der Waals surface area contributed by atoms with Gasteiger partial charge in [-0.25, -0.2) is 4.98 Å². The van der Waals surface area contributed by atoms with Crippen LogP contribution in [0, 0.1) is 0 Å². The van der Waals surface area contributed by atoms with Crippen molar-refractivity contribution in [3.8, 4) is 11.5 Å². The summed E-state index contributed by atoms with van der Waals surface area (Å²) in [6, 6.07) is 0.0348. The molecule has 0 aliphatic carbocycles. The van der Waals surface area contributed by atoms with Gasteiger partial charge in [-0.2, -0.15) is 13.2 Å². The Morgan fingerprint density at radius 3 is 2.18 bits per heavy atom. The standard InChI is InChI=1S/C11H9F6NO4/c1-20-8(19)3-5-9(21-2)6(22-11(15,16)17)4-7(18-5)10(12,13)14/h4H,3H2,1-2H3. The molecule has 0 saturated heterocycles. The maximum atomic E-state index is 12.7. The highest BCUT2D eigenvalue weighted by atomic mass is 19.4. The molecule has 0 N–H and O–H groups in total. The van der Waals surface area contributed by atoms with Crippen LogP contribution in [-0.4, -0.2) is 31.5 Å². The van der Waals surface area contributed by atoms with Gasteiger partial charge >= 0.3 is 18.5 Å². The number of nitrogens with zero attached hydrogens (tertiary/aromatic N) is 1. The summed E-state index contributed by atoms with van der Waals surface area (Å²) >= 11 is 0. The minimum Gasteiger partial charge on any atom is -0.491 e. The SMILES string of the molecule is COC(=O)Cc1nc(C(F)(F)F)cc(OC(F)(F)F)c1OC. The fourth-order valence-corrected chi connectivity index (χ4v) is 1.45. The Hall–Kier alpha value is -2.20. The molecule has 0 spiro atoms. The average molecular weight is 333 g/mol. The van der Waals surface area contributed by atoms with Crippen LogP contribution in [0.1, 0.15) is 11.4 Å². The smallest absolute Gasteiger partial charge is 0.491 e. The van der Waals surface area contributed by atoms with Gasteiger partial charge in [-0.3, -0.25) is 4.79 Å². The summed E-state index contributed by atoms with van der Waals surface area (Å²) in [5, 5.41) is 0. The van der Waals surface area contributed by atoms with E-state index in [0.29, 0.717) is 0 Å². The van der Waals surface area contributed by atoms with Crippen molar-refractivity contribution in [2.45, 2.75) is 19.0 Å². The number of halogens is 6. The van der Waals surface area contributed by atoms with Crippen molar-refractivity contribution in [3.05, 3.63) is 17.5 Å². The second kappa shape index (κ2) is 6.28. The Kier molecular flexibility index (Phi) is 5.09. The first-order chi connectivity index (χ1) is 9.97. The topological polar surface area (TPSA) is 57.7 Å². The summed E-state index contributed by atoms with van der Waals surface area (Å²) in [5.74, 6) is -3.00. The van der Waals surface area contributed by atoms with E-state index in [0.717, 1.165) is 14.2 Å². The molecule has 1 rings (SSSR count). The molecule has 0 radical (unpaired) electrons. The normalized spacial score (nSPS) is 12.0. The quantitative estimate of drug-likeness (QED) is 0.626. The van der Waals surface area contributed by atoms with E-state index >= 15 is 0 Å². The third-order valence-electron chi connectivity index (χ3n) is 2.27. The van der Waals surface area contributed by atoms with Crippen molar-refractivity contribution < 1.29 is 45.3 Å². The van der Waals surface area contributed by atoms with Crippen LogP contribution in [0.3, 0.4) is 0 Å². The molecular formula is C11H9F6NO4. The molecule has 1 aromatic heterocycles. The first-order valence-corrected chi connectivity index (χ1v) is 5.45. The van der Waals surface area contributed by atoms with Gasteiger partial charge in [0.05, 0.1) is 26.3 Å². The van der Waals surface area contributed by atoms with Crippen LogP contribution in [0.4, 0.5) is 26.3 Å². The molecule has 0 atom stereocenters. The van der Waals surface area contributed by atoms with Crippen LogP contribution < -0.4 is 9.47 Å². The van der Waals surface area contributed by atoms with Gasteiger partial charge in [-0.1, -0.05) is 0 Å². The number of aromatic nitrogens is 1. The molecule has 0 aromatic carbocycles. The Bertz CT molecular complexity index is 555. The summed E-state index contributed by atoms with van der Waals surface area (Å²) < 4.78 is 87.2. The van der Waals surface area contributed by atoms with E-state index in [1.807, 2.05) is 0 Å². The van der Waals surface area contributed by atoms with Gasteiger partial charge in [-0.15, -0.1) is 13.2 Å². The van der Waals surface area contributed by atoms with Gasteiger partial charge in [0.1, 0.15) is 5.69 Å². The molecule has 0 aliphatic heterocycles. The monoisotopic (exact) mass is 333 g/mol. The Morgan fingerprint density at radius 1 is 1.18 bits per heavy atom. The summed E-state index contributed by atoms with van der Waals surface area (Å²) in [6.45, 7) is 0. The second-order valence-corrected chi connectivity index (χ2v) is 3.78. The number of ether oxygens (including phenoxy) is 3. The number of methoxy groups -OCH3 is 2. The van der Waals surface area contributed by atoms with Gasteiger partial charge in [0.15, 0.2) is 11.5 Å². The summed E-state index contributed by atoms with van der Waals surface area (Å²) in [6.07, 6.45) is -11.1. The van der Waals surface area contributed by atoms with Crippen LogP contribution in [0.5, 0.6) is 11.5 Å². The maximum Gasteiger partial charge on any atom is 0.573 e. The zero-order valence-electron chi connectivity index (χ0n) is 11.1. The lowest BCUT2D eigenvalue weighted by Gasteiger charge is -2.17. The van der Waals surface area contributed by atoms with Gasteiger partial charge < -0.3 is 14.2 Å². The first-order valence-electron chi connectivity index (χ1n) is 5.45. The third-order valence-corrected chi connectivity index (χ3v) is 2.27. The van der Waals surface area contributed by atoms with E-state index < -0.39 is 47.8 Å². The number of alkyl halides is 6. The van der Waals surface area contributed by atoms with Gasteiger partial charge in [0.25, 0.3) is 0 Å². The lowest BCUT2D eigenvalue weighted by atomic mass is 10.2. The predicted molar refractivity (Wildman–Crippen MR) is 58.2 cm³/mol. The van der Waals surface area contributed by atoms with Crippen LogP contribution >= 0.6 is 0 Å². The Balaban J connectivity index is 3.45. The van der Waals surface area contributed by atoms with E-state index in [4.69, 9.17) is 0 Å².